The second kappa shape index (κ2) is 5.82. The van der Waals surface area contributed by atoms with Gasteiger partial charge in [0.05, 0.1) is 0 Å². The molecule has 1 aliphatic rings. The molecule has 0 amide bonds. The predicted octanol–water partition coefficient (Wildman–Crippen LogP) is 2.44. The minimum Gasteiger partial charge on any atom is -0.383 e. The number of carbonyl (C=O) groups excluding carboxylic acids is 1. The fraction of sp³-hybridized carbons (Fsp3) is 0.500. The van der Waals surface area contributed by atoms with E-state index in [0.717, 1.165) is 24.3 Å². The number of anilines is 1. The van der Waals surface area contributed by atoms with Crippen LogP contribution < -0.4 is 10.6 Å². The first kappa shape index (κ1) is 12.1. The zero-order valence-electron chi connectivity index (χ0n) is 10.3. The van der Waals surface area contributed by atoms with E-state index in [0.29, 0.717) is 6.04 Å². The Balaban J connectivity index is 1.84. The molecule has 1 fully saturated rings. The zero-order chi connectivity index (χ0) is 12.1. The fourth-order valence-electron chi connectivity index (χ4n) is 2.16. The molecule has 1 aromatic carbocycles. The maximum Gasteiger partial charge on any atom is 0.159 e. The third kappa shape index (κ3) is 3.56. The van der Waals surface area contributed by atoms with E-state index in [4.69, 9.17) is 0 Å². The van der Waals surface area contributed by atoms with Crippen LogP contribution in [0.2, 0.25) is 0 Å². The summed E-state index contributed by atoms with van der Waals surface area (Å²) >= 11 is 0. The van der Waals surface area contributed by atoms with Gasteiger partial charge in [-0.3, -0.25) is 4.79 Å². The molecular formula is C14H20N2O. The number of nitrogens with one attached hydrogen (secondary N) is 2. The first-order valence-electron chi connectivity index (χ1n) is 6.34. The number of hydrogen-bond acceptors (Lipinski definition) is 3. The lowest BCUT2D eigenvalue weighted by atomic mass is 10.0. The van der Waals surface area contributed by atoms with Crippen LogP contribution in [0, 0.1) is 0 Å². The van der Waals surface area contributed by atoms with Crippen molar-refractivity contribution >= 4 is 11.5 Å². The first-order valence-corrected chi connectivity index (χ1v) is 6.34. The highest BCUT2D eigenvalue weighted by Crippen LogP contribution is 2.12. The maximum absolute atomic E-state index is 11.1. The third-order valence-corrected chi connectivity index (χ3v) is 3.26. The second-order valence-corrected chi connectivity index (χ2v) is 4.66. The molecule has 0 aliphatic carbocycles. The van der Waals surface area contributed by atoms with Gasteiger partial charge in [-0.2, -0.15) is 0 Å². The van der Waals surface area contributed by atoms with Gasteiger partial charge in [0.1, 0.15) is 0 Å². The van der Waals surface area contributed by atoms with Crippen molar-refractivity contribution in [3.63, 3.8) is 0 Å². The molecule has 1 saturated heterocycles. The van der Waals surface area contributed by atoms with E-state index < -0.39 is 0 Å². The molecule has 1 unspecified atom stereocenters. The summed E-state index contributed by atoms with van der Waals surface area (Å²) in [5, 5.41) is 6.91. The van der Waals surface area contributed by atoms with E-state index in [2.05, 4.69) is 10.6 Å². The smallest absolute Gasteiger partial charge is 0.159 e. The lowest BCUT2D eigenvalue weighted by Crippen LogP contribution is -2.39. The number of piperidine rings is 1. The van der Waals surface area contributed by atoms with Crippen LogP contribution in [0.4, 0.5) is 5.69 Å². The van der Waals surface area contributed by atoms with Crippen molar-refractivity contribution in [3.05, 3.63) is 29.8 Å². The van der Waals surface area contributed by atoms with Gasteiger partial charge < -0.3 is 10.6 Å². The molecule has 1 aromatic rings. The summed E-state index contributed by atoms with van der Waals surface area (Å²) in [6.45, 7) is 3.68. The van der Waals surface area contributed by atoms with E-state index in [1.54, 1.807) is 6.92 Å². The summed E-state index contributed by atoms with van der Waals surface area (Å²) in [6, 6.07) is 8.27. The molecule has 0 saturated carbocycles. The van der Waals surface area contributed by atoms with Crippen LogP contribution in [-0.4, -0.2) is 24.9 Å². The van der Waals surface area contributed by atoms with Gasteiger partial charge >= 0.3 is 0 Å². The Morgan fingerprint density at radius 1 is 1.35 bits per heavy atom. The minimum absolute atomic E-state index is 0.116. The van der Waals surface area contributed by atoms with Crippen LogP contribution in [0.25, 0.3) is 0 Å². The standard InChI is InChI=1S/C14H20N2O/c1-11(17)12-5-7-13(8-6-12)16-10-14-4-2-3-9-15-14/h5-8,14-16H,2-4,9-10H2,1H3. The molecule has 2 rings (SSSR count). The Labute approximate surface area is 103 Å². The molecule has 1 heterocycles. The van der Waals surface area contributed by atoms with Gasteiger partial charge in [-0.1, -0.05) is 6.42 Å². The van der Waals surface area contributed by atoms with Gasteiger partial charge in [-0.25, -0.2) is 0 Å². The van der Waals surface area contributed by atoms with Gasteiger partial charge in [0.15, 0.2) is 5.78 Å². The highest BCUT2D eigenvalue weighted by molar-refractivity contribution is 5.94. The number of Topliss-reactive ketones (excluding diaryl/α,β-unsaturated/α-hetero) is 1. The number of ketones is 1. The molecule has 1 atom stereocenters. The molecule has 17 heavy (non-hydrogen) atoms. The highest BCUT2D eigenvalue weighted by Gasteiger charge is 2.11. The monoisotopic (exact) mass is 232 g/mol. The molecular weight excluding hydrogens is 212 g/mol. The van der Waals surface area contributed by atoms with Crippen molar-refractivity contribution in [2.24, 2.45) is 0 Å². The van der Waals surface area contributed by atoms with Crippen LogP contribution >= 0.6 is 0 Å². The van der Waals surface area contributed by atoms with Crippen molar-refractivity contribution in [3.8, 4) is 0 Å². The number of rotatable bonds is 4. The third-order valence-electron chi connectivity index (χ3n) is 3.26. The van der Waals surface area contributed by atoms with E-state index in [1.807, 2.05) is 24.3 Å². The van der Waals surface area contributed by atoms with Crippen molar-refractivity contribution in [1.29, 1.82) is 0 Å². The van der Waals surface area contributed by atoms with E-state index >= 15 is 0 Å². The van der Waals surface area contributed by atoms with E-state index in [-0.39, 0.29) is 5.78 Å². The summed E-state index contributed by atoms with van der Waals surface area (Å²) in [4.78, 5) is 11.1. The molecule has 3 heteroatoms. The molecule has 0 aromatic heterocycles. The minimum atomic E-state index is 0.116. The van der Waals surface area contributed by atoms with Crippen molar-refractivity contribution in [2.75, 3.05) is 18.4 Å². The van der Waals surface area contributed by atoms with Crippen molar-refractivity contribution in [1.82, 2.24) is 5.32 Å². The van der Waals surface area contributed by atoms with Gasteiger partial charge in [-0.05, 0) is 50.6 Å². The van der Waals surface area contributed by atoms with Crippen LogP contribution in [0.15, 0.2) is 24.3 Å². The Hall–Kier alpha value is -1.35. The van der Waals surface area contributed by atoms with E-state index in [1.165, 1.54) is 19.3 Å². The molecule has 0 bridgehead atoms. The van der Waals surface area contributed by atoms with Gasteiger partial charge in [-0.15, -0.1) is 0 Å². The second-order valence-electron chi connectivity index (χ2n) is 4.66. The van der Waals surface area contributed by atoms with E-state index in [9.17, 15) is 4.79 Å². The van der Waals surface area contributed by atoms with Crippen molar-refractivity contribution < 1.29 is 4.79 Å². The SMILES string of the molecule is CC(=O)c1ccc(NCC2CCCCN2)cc1. The molecule has 92 valence electrons. The summed E-state index contributed by atoms with van der Waals surface area (Å²) in [7, 11) is 0. The average molecular weight is 232 g/mol. The van der Waals surface area contributed by atoms with Gasteiger partial charge in [0, 0.05) is 23.8 Å². The molecule has 1 aliphatic heterocycles. The fourth-order valence-corrected chi connectivity index (χ4v) is 2.16. The van der Waals surface area contributed by atoms with Gasteiger partial charge in [0.25, 0.3) is 0 Å². The number of benzene rings is 1. The summed E-state index contributed by atoms with van der Waals surface area (Å²) in [6.07, 6.45) is 3.87. The Kier molecular flexibility index (Phi) is 4.15. The van der Waals surface area contributed by atoms with Crippen LogP contribution in [0.5, 0.6) is 0 Å². The summed E-state index contributed by atoms with van der Waals surface area (Å²) in [5.41, 5.74) is 1.86. The maximum atomic E-state index is 11.1. The van der Waals surface area contributed by atoms with Crippen LogP contribution in [0.3, 0.4) is 0 Å². The van der Waals surface area contributed by atoms with Crippen LogP contribution in [0.1, 0.15) is 36.5 Å². The number of carbonyl (C=O) groups is 1. The topological polar surface area (TPSA) is 41.1 Å². The predicted molar refractivity (Wildman–Crippen MR) is 70.6 cm³/mol. The van der Waals surface area contributed by atoms with Crippen LogP contribution in [-0.2, 0) is 0 Å². The summed E-state index contributed by atoms with van der Waals surface area (Å²) in [5.74, 6) is 0.116. The highest BCUT2D eigenvalue weighted by atomic mass is 16.1. The normalized spacial score (nSPS) is 19.9. The molecule has 0 radical (unpaired) electrons. The van der Waals surface area contributed by atoms with Crippen molar-refractivity contribution in [2.45, 2.75) is 32.2 Å². The molecule has 2 N–H and O–H groups in total. The quantitative estimate of drug-likeness (QED) is 0.783. The number of hydrogen-bond donors (Lipinski definition) is 2. The largest absolute Gasteiger partial charge is 0.383 e. The Bertz CT molecular complexity index is 366. The molecule has 0 spiro atoms. The lowest BCUT2D eigenvalue weighted by Gasteiger charge is -2.24. The molecule has 3 nitrogen and oxygen atoms in total. The zero-order valence-corrected chi connectivity index (χ0v) is 10.3. The Morgan fingerprint density at radius 2 is 2.12 bits per heavy atom. The average Bonchev–Trinajstić information content (AvgIpc) is 2.38. The van der Waals surface area contributed by atoms with Gasteiger partial charge in [0.2, 0.25) is 0 Å². The Morgan fingerprint density at radius 3 is 2.71 bits per heavy atom. The first-order chi connectivity index (χ1) is 8.25. The summed E-state index contributed by atoms with van der Waals surface area (Å²) < 4.78 is 0. The lowest BCUT2D eigenvalue weighted by molar-refractivity contribution is 0.101.